The summed E-state index contributed by atoms with van der Waals surface area (Å²) in [6.45, 7) is 3.05. The van der Waals surface area contributed by atoms with Crippen molar-refractivity contribution in [3.63, 3.8) is 0 Å². The lowest BCUT2D eigenvalue weighted by Crippen LogP contribution is -2.57. The van der Waals surface area contributed by atoms with Gasteiger partial charge in [0, 0.05) is 36.9 Å². The standard InChI is InChI=1S/C16H22ClN3O3/c1-11-12(17)3-2-4-13(11)20-14(21)5-8-19-15(22)16(18)6-9-23-10-7-16/h2-4H,5-10,18H2,1H3,(H,19,22)(H,20,21). The normalized spacial score (nSPS) is 16.7. The van der Waals surface area contributed by atoms with Crippen LogP contribution in [0.5, 0.6) is 0 Å². The summed E-state index contributed by atoms with van der Waals surface area (Å²) in [5.74, 6) is -0.416. The maximum atomic E-state index is 12.1. The molecule has 1 fully saturated rings. The molecule has 0 unspecified atom stereocenters. The molecule has 4 N–H and O–H groups in total. The number of benzene rings is 1. The number of nitrogens with one attached hydrogen (secondary N) is 2. The van der Waals surface area contributed by atoms with Crippen LogP contribution in [0.2, 0.25) is 5.02 Å². The van der Waals surface area contributed by atoms with Gasteiger partial charge in [0.25, 0.3) is 0 Å². The van der Waals surface area contributed by atoms with E-state index in [4.69, 9.17) is 22.1 Å². The van der Waals surface area contributed by atoms with E-state index in [-0.39, 0.29) is 24.8 Å². The highest BCUT2D eigenvalue weighted by molar-refractivity contribution is 6.31. The maximum absolute atomic E-state index is 12.1. The smallest absolute Gasteiger partial charge is 0.240 e. The van der Waals surface area contributed by atoms with Crippen LogP contribution in [0.15, 0.2) is 18.2 Å². The quantitative estimate of drug-likeness (QED) is 0.759. The van der Waals surface area contributed by atoms with Crippen molar-refractivity contribution in [3.05, 3.63) is 28.8 Å². The van der Waals surface area contributed by atoms with Crippen LogP contribution in [0.3, 0.4) is 0 Å². The third-order valence-corrected chi connectivity index (χ3v) is 4.43. The zero-order valence-corrected chi connectivity index (χ0v) is 13.9. The number of ether oxygens (including phenoxy) is 1. The van der Waals surface area contributed by atoms with E-state index in [1.54, 1.807) is 18.2 Å². The molecule has 2 rings (SSSR count). The van der Waals surface area contributed by atoms with Gasteiger partial charge in [0.2, 0.25) is 11.8 Å². The summed E-state index contributed by atoms with van der Waals surface area (Å²) in [5.41, 5.74) is 6.67. The van der Waals surface area contributed by atoms with Gasteiger partial charge < -0.3 is 21.1 Å². The van der Waals surface area contributed by atoms with Crippen LogP contribution in [0, 0.1) is 6.92 Å². The third-order valence-electron chi connectivity index (χ3n) is 4.02. The van der Waals surface area contributed by atoms with Crippen molar-refractivity contribution < 1.29 is 14.3 Å². The number of anilines is 1. The molecule has 0 saturated carbocycles. The fourth-order valence-corrected chi connectivity index (χ4v) is 2.56. The van der Waals surface area contributed by atoms with Gasteiger partial charge in [0.1, 0.15) is 0 Å². The third kappa shape index (κ3) is 4.67. The molecule has 23 heavy (non-hydrogen) atoms. The molecule has 1 aliphatic rings. The molecule has 1 aliphatic heterocycles. The molecule has 0 atom stereocenters. The van der Waals surface area contributed by atoms with Crippen LogP contribution >= 0.6 is 11.6 Å². The van der Waals surface area contributed by atoms with E-state index >= 15 is 0 Å². The van der Waals surface area contributed by atoms with Gasteiger partial charge in [-0.3, -0.25) is 9.59 Å². The molecule has 2 amide bonds. The molecule has 0 bridgehead atoms. The number of hydrogen-bond donors (Lipinski definition) is 3. The minimum absolute atomic E-state index is 0.171. The number of hydrogen-bond acceptors (Lipinski definition) is 4. The van der Waals surface area contributed by atoms with Gasteiger partial charge >= 0.3 is 0 Å². The molecule has 1 saturated heterocycles. The molecule has 1 heterocycles. The van der Waals surface area contributed by atoms with Gasteiger partial charge in [0.05, 0.1) is 5.54 Å². The van der Waals surface area contributed by atoms with Gasteiger partial charge in [-0.25, -0.2) is 0 Å². The highest BCUT2D eigenvalue weighted by Gasteiger charge is 2.35. The average Bonchev–Trinajstić information content (AvgIpc) is 2.52. The van der Waals surface area contributed by atoms with Crippen LogP contribution in [0.25, 0.3) is 0 Å². The van der Waals surface area contributed by atoms with Gasteiger partial charge in [-0.2, -0.15) is 0 Å². The fraction of sp³-hybridized carbons (Fsp3) is 0.500. The number of carbonyl (C=O) groups is 2. The molecular weight excluding hydrogens is 318 g/mol. The lowest BCUT2D eigenvalue weighted by Gasteiger charge is -2.31. The first kappa shape index (κ1) is 17.7. The minimum atomic E-state index is -0.891. The molecule has 0 radical (unpaired) electrons. The van der Waals surface area contributed by atoms with E-state index in [1.807, 2.05) is 6.92 Å². The molecule has 0 spiro atoms. The van der Waals surface area contributed by atoms with E-state index in [0.717, 1.165) is 5.56 Å². The number of carbonyl (C=O) groups excluding carboxylic acids is 2. The SMILES string of the molecule is Cc1c(Cl)cccc1NC(=O)CCNC(=O)C1(N)CCOCC1. The van der Waals surface area contributed by atoms with Crippen LogP contribution < -0.4 is 16.4 Å². The van der Waals surface area contributed by atoms with Gasteiger partial charge in [-0.05, 0) is 37.5 Å². The van der Waals surface area contributed by atoms with Crippen molar-refractivity contribution in [3.8, 4) is 0 Å². The Labute approximate surface area is 140 Å². The van der Waals surface area contributed by atoms with Gasteiger partial charge in [0.15, 0.2) is 0 Å². The molecule has 1 aromatic carbocycles. The van der Waals surface area contributed by atoms with Crippen LogP contribution in [-0.2, 0) is 14.3 Å². The van der Waals surface area contributed by atoms with Gasteiger partial charge in [-0.1, -0.05) is 17.7 Å². The predicted molar refractivity (Wildman–Crippen MR) is 89.4 cm³/mol. The molecule has 0 aliphatic carbocycles. The Morgan fingerprint density at radius 3 is 2.74 bits per heavy atom. The van der Waals surface area contributed by atoms with Crippen molar-refractivity contribution in [1.82, 2.24) is 5.32 Å². The Balaban J connectivity index is 1.78. The van der Waals surface area contributed by atoms with E-state index in [9.17, 15) is 9.59 Å². The van der Waals surface area contributed by atoms with Crippen molar-refractivity contribution in [2.24, 2.45) is 5.73 Å². The first-order chi connectivity index (χ1) is 10.9. The Kier molecular flexibility index (Phi) is 5.98. The Hall–Kier alpha value is -1.63. The van der Waals surface area contributed by atoms with Gasteiger partial charge in [-0.15, -0.1) is 0 Å². The summed E-state index contributed by atoms with van der Waals surface area (Å²) < 4.78 is 5.21. The molecule has 126 valence electrons. The monoisotopic (exact) mass is 339 g/mol. The lowest BCUT2D eigenvalue weighted by atomic mass is 9.90. The van der Waals surface area contributed by atoms with Crippen molar-refractivity contribution in [2.75, 3.05) is 25.1 Å². The van der Waals surface area contributed by atoms with Crippen molar-refractivity contribution in [2.45, 2.75) is 31.7 Å². The number of rotatable bonds is 5. The molecular formula is C16H22ClN3O3. The lowest BCUT2D eigenvalue weighted by molar-refractivity contribution is -0.129. The number of halogens is 1. The van der Waals surface area contributed by atoms with E-state index in [2.05, 4.69) is 10.6 Å². The summed E-state index contributed by atoms with van der Waals surface area (Å²) in [4.78, 5) is 24.1. The van der Waals surface area contributed by atoms with Crippen molar-refractivity contribution in [1.29, 1.82) is 0 Å². The second-order valence-corrected chi connectivity index (χ2v) is 6.14. The molecule has 1 aromatic rings. The summed E-state index contributed by atoms with van der Waals surface area (Å²) in [5, 5.41) is 6.11. The Morgan fingerprint density at radius 2 is 2.04 bits per heavy atom. The molecule has 7 heteroatoms. The predicted octanol–water partition coefficient (Wildman–Crippen LogP) is 1.60. The summed E-state index contributed by atoms with van der Waals surface area (Å²) >= 11 is 6.01. The molecule has 0 aromatic heterocycles. The fourth-order valence-electron chi connectivity index (χ4n) is 2.38. The zero-order valence-electron chi connectivity index (χ0n) is 13.2. The number of nitrogens with two attached hydrogens (primary N) is 1. The highest BCUT2D eigenvalue weighted by Crippen LogP contribution is 2.23. The van der Waals surface area contributed by atoms with Crippen molar-refractivity contribution >= 4 is 29.1 Å². The van der Waals surface area contributed by atoms with E-state index in [0.29, 0.717) is 36.8 Å². The van der Waals surface area contributed by atoms with Crippen LogP contribution in [0.4, 0.5) is 5.69 Å². The maximum Gasteiger partial charge on any atom is 0.240 e. The first-order valence-corrected chi connectivity index (χ1v) is 8.00. The van der Waals surface area contributed by atoms with E-state index in [1.165, 1.54) is 0 Å². The largest absolute Gasteiger partial charge is 0.381 e. The second kappa shape index (κ2) is 7.77. The zero-order chi connectivity index (χ0) is 16.9. The second-order valence-electron chi connectivity index (χ2n) is 5.73. The molecule has 6 nitrogen and oxygen atoms in total. The van der Waals surface area contributed by atoms with Crippen LogP contribution in [0.1, 0.15) is 24.8 Å². The minimum Gasteiger partial charge on any atom is -0.381 e. The average molecular weight is 340 g/mol. The summed E-state index contributed by atoms with van der Waals surface area (Å²) in [7, 11) is 0. The Morgan fingerprint density at radius 1 is 1.35 bits per heavy atom. The summed E-state index contributed by atoms with van der Waals surface area (Å²) in [6, 6.07) is 5.33. The summed E-state index contributed by atoms with van der Waals surface area (Å²) in [6.07, 6.45) is 1.16. The number of amides is 2. The topological polar surface area (TPSA) is 93.5 Å². The first-order valence-electron chi connectivity index (χ1n) is 7.62. The van der Waals surface area contributed by atoms with E-state index < -0.39 is 5.54 Å². The Bertz CT molecular complexity index is 586. The van der Waals surface area contributed by atoms with Crippen LogP contribution in [-0.4, -0.2) is 37.1 Å². The highest BCUT2D eigenvalue weighted by atomic mass is 35.5.